The van der Waals surface area contributed by atoms with E-state index in [2.05, 4.69) is 25.9 Å². The molecule has 0 saturated heterocycles. The Morgan fingerprint density at radius 1 is 1.32 bits per heavy atom. The number of thiazole rings is 1. The maximum absolute atomic E-state index is 5.65. The molecule has 0 aliphatic heterocycles. The van der Waals surface area contributed by atoms with Crippen molar-refractivity contribution >= 4 is 11.3 Å². The zero-order valence-electron chi connectivity index (χ0n) is 12.3. The van der Waals surface area contributed by atoms with Gasteiger partial charge < -0.3 is 5.73 Å². The summed E-state index contributed by atoms with van der Waals surface area (Å²) >= 11 is 1.79. The molecule has 4 nitrogen and oxygen atoms in total. The zero-order valence-corrected chi connectivity index (χ0v) is 13.1. The number of nitrogens with two attached hydrogens (primary N) is 1. The van der Waals surface area contributed by atoms with Crippen LogP contribution in [0.15, 0.2) is 0 Å². The first kappa shape index (κ1) is 14.2. The van der Waals surface area contributed by atoms with Gasteiger partial charge in [-0.2, -0.15) is 5.10 Å². The van der Waals surface area contributed by atoms with Crippen molar-refractivity contribution in [3.05, 3.63) is 21.3 Å². The van der Waals surface area contributed by atoms with Crippen molar-refractivity contribution in [1.29, 1.82) is 0 Å². The van der Waals surface area contributed by atoms with Crippen LogP contribution in [0, 0.1) is 13.8 Å². The Morgan fingerprint density at radius 3 is 2.47 bits per heavy atom. The van der Waals surface area contributed by atoms with Gasteiger partial charge in [-0.15, -0.1) is 11.3 Å². The van der Waals surface area contributed by atoms with E-state index in [4.69, 9.17) is 10.7 Å². The molecule has 0 aromatic carbocycles. The average molecular weight is 278 g/mol. The molecule has 0 amide bonds. The van der Waals surface area contributed by atoms with Gasteiger partial charge in [0.2, 0.25) is 0 Å². The smallest absolute Gasteiger partial charge is 0.0948 e. The van der Waals surface area contributed by atoms with E-state index in [1.165, 1.54) is 16.1 Å². The van der Waals surface area contributed by atoms with E-state index in [0.29, 0.717) is 12.5 Å². The first-order valence-electron chi connectivity index (χ1n) is 6.66. The topological polar surface area (TPSA) is 56.7 Å². The summed E-state index contributed by atoms with van der Waals surface area (Å²) in [4.78, 5) is 6.15. The zero-order chi connectivity index (χ0) is 14.2. The third-order valence-electron chi connectivity index (χ3n) is 3.33. The van der Waals surface area contributed by atoms with Gasteiger partial charge in [0.15, 0.2) is 0 Å². The molecule has 19 heavy (non-hydrogen) atoms. The van der Waals surface area contributed by atoms with Crippen molar-refractivity contribution in [2.24, 2.45) is 12.8 Å². The van der Waals surface area contributed by atoms with Crippen LogP contribution in [0.25, 0.3) is 11.3 Å². The summed E-state index contributed by atoms with van der Waals surface area (Å²) < 4.78 is 1.93. The number of nitrogens with zero attached hydrogens (tertiary/aromatic N) is 3. The molecular weight excluding hydrogens is 256 g/mol. The van der Waals surface area contributed by atoms with Crippen LogP contribution >= 0.6 is 11.3 Å². The molecule has 0 fully saturated rings. The standard InChI is InChI=1S/C14H22N4S/c1-8(2)14-13(16-11(19-14)6-7-15)12-9(3)17-18(5)10(12)4/h8H,6-7,15H2,1-5H3. The molecule has 0 unspecified atom stereocenters. The molecule has 0 aliphatic carbocycles. The van der Waals surface area contributed by atoms with Crippen molar-refractivity contribution in [2.75, 3.05) is 6.54 Å². The fourth-order valence-electron chi connectivity index (χ4n) is 2.29. The highest BCUT2D eigenvalue weighted by atomic mass is 32.1. The Balaban J connectivity index is 2.60. The molecule has 0 saturated carbocycles. The van der Waals surface area contributed by atoms with E-state index in [0.717, 1.165) is 22.8 Å². The number of aryl methyl sites for hydroxylation is 2. The van der Waals surface area contributed by atoms with E-state index in [1.54, 1.807) is 11.3 Å². The van der Waals surface area contributed by atoms with Crippen LogP contribution in [0.5, 0.6) is 0 Å². The van der Waals surface area contributed by atoms with Gasteiger partial charge in [-0.05, 0) is 26.3 Å². The third kappa shape index (κ3) is 2.58. The van der Waals surface area contributed by atoms with Gasteiger partial charge in [0.05, 0.1) is 16.4 Å². The van der Waals surface area contributed by atoms with E-state index < -0.39 is 0 Å². The molecule has 2 aromatic rings. The Morgan fingerprint density at radius 2 is 2.00 bits per heavy atom. The molecule has 2 rings (SSSR count). The third-order valence-corrected chi connectivity index (χ3v) is 4.74. The highest BCUT2D eigenvalue weighted by molar-refractivity contribution is 7.12. The maximum Gasteiger partial charge on any atom is 0.0948 e. The number of hydrogen-bond donors (Lipinski definition) is 1. The van der Waals surface area contributed by atoms with E-state index in [-0.39, 0.29) is 0 Å². The van der Waals surface area contributed by atoms with Gasteiger partial charge >= 0.3 is 0 Å². The predicted molar refractivity (Wildman–Crippen MR) is 80.6 cm³/mol. The average Bonchev–Trinajstić information content (AvgIpc) is 2.83. The Hall–Kier alpha value is -1.20. The van der Waals surface area contributed by atoms with Crippen LogP contribution in [0.4, 0.5) is 0 Å². The molecule has 0 aliphatic rings. The van der Waals surface area contributed by atoms with Crippen molar-refractivity contribution < 1.29 is 0 Å². The molecule has 0 bridgehead atoms. The minimum Gasteiger partial charge on any atom is -0.330 e. The maximum atomic E-state index is 5.65. The number of hydrogen-bond acceptors (Lipinski definition) is 4. The Bertz CT molecular complexity index is 581. The Kier molecular flexibility index (Phi) is 4.06. The van der Waals surface area contributed by atoms with Crippen molar-refractivity contribution in [2.45, 2.75) is 40.0 Å². The first-order chi connectivity index (χ1) is 8.95. The second-order valence-electron chi connectivity index (χ2n) is 5.18. The second kappa shape index (κ2) is 5.43. The van der Waals surface area contributed by atoms with E-state index in [1.807, 2.05) is 18.7 Å². The summed E-state index contributed by atoms with van der Waals surface area (Å²) in [5.74, 6) is 0.470. The molecule has 0 atom stereocenters. The SMILES string of the molecule is Cc1nn(C)c(C)c1-c1nc(CCN)sc1C(C)C. The van der Waals surface area contributed by atoms with Gasteiger partial charge in [-0.25, -0.2) is 4.98 Å². The predicted octanol–water partition coefficient (Wildman–Crippen LogP) is 2.79. The number of rotatable bonds is 4. The van der Waals surface area contributed by atoms with Crippen molar-refractivity contribution in [1.82, 2.24) is 14.8 Å². The van der Waals surface area contributed by atoms with Crippen molar-refractivity contribution in [3.63, 3.8) is 0 Å². The van der Waals surface area contributed by atoms with Gasteiger partial charge in [-0.1, -0.05) is 13.8 Å². The van der Waals surface area contributed by atoms with Gasteiger partial charge in [0, 0.05) is 29.6 Å². The first-order valence-corrected chi connectivity index (χ1v) is 7.47. The summed E-state index contributed by atoms with van der Waals surface area (Å²) in [6, 6.07) is 0. The van der Waals surface area contributed by atoms with Crippen LogP contribution in [-0.2, 0) is 13.5 Å². The molecule has 5 heteroatoms. The minimum atomic E-state index is 0.470. The number of aromatic nitrogens is 3. The summed E-state index contributed by atoms with van der Waals surface area (Å²) in [5.41, 5.74) is 10.2. The van der Waals surface area contributed by atoms with E-state index >= 15 is 0 Å². The Labute approximate surface area is 118 Å². The van der Waals surface area contributed by atoms with Crippen LogP contribution in [0.2, 0.25) is 0 Å². The minimum absolute atomic E-state index is 0.470. The van der Waals surface area contributed by atoms with Gasteiger partial charge in [0.25, 0.3) is 0 Å². The second-order valence-corrected chi connectivity index (χ2v) is 6.30. The fourth-order valence-corrected chi connectivity index (χ4v) is 3.39. The quantitative estimate of drug-likeness (QED) is 0.935. The molecule has 2 aromatic heterocycles. The summed E-state index contributed by atoms with van der Waals surface area (Å²) in [6.07, 6.45) is 0.850. The highest BCUT2D eigenvalue weighted by Crippen LogP contribution is 2.36. The molecule has 2 heterocycles. The van der Waals surface area contributed by atoms with Crippen LogP contribution in [0.3, 0.4) is 0 Å². The monoisotopic (exact) mass is 278 g/mol. The largest absolute Gasteiger partial charge is 0.330 e. The lowest BCUT2D eigenvalue weighted by Gasteiger charge is -2.05. The summed E-state index contributed by atoms with van der Waals surface area (Å²) in [7, 11) is 1.98. The highest BCUT2D eigenvalue weighted by Gasteiger charge is 2.21. The van der Waals surface area contributed by atoms with Crippen LogP contribution in [-0.4, -0.2) is 21.3 Å². The molecule has 0 spiro atoms. The fraction of sp³-hybridized carbons (Fsp3) is 0.571. The molecule has 104 valence electrons. The van der Waals surface area contributed by atoms with Crippen LogP contribution in [0.1, 0.15) is 41.0 Å². The normalized spacial score (nSPS) is 11.5. The summed E-state index contributed by atoms with van der Waals surface area (Å²) in [6.45, 7) is 9.22. The van der Waals surface area contributed by atoms with Gasteiger partial charge in [0.1, 0.15) is 0 Å². The van der Waals surface area contributed by atoms with Crippen molar-refractivity contribution in [3.8, 4) is 11.3 Å². The lowest BCUT2D eigenvalue weighted by Crippen LogP contribution is -2.02. The summed E-state index contributed by atoms with van der Waals surface area (Å²) in [5, 5.41) is 5.63. The lowest BCUT2D eigenvalue weighted by molar-refractivity contribution is 0.731. The van der Waals surface area contributed by atoms with Crippen LogP contribution < -0.4 is 5.73 Å². The van der Waals surface area contributed by atoms with Gasteiger partial charge in [-0.3, -0.25) is 4.68 Å². The molecule has 2 N–H and O–H groups in total. The molecule has 0 radical (unpaired) electrons. The molecular formula is C14H22N4S. The lowest BCUT2D eigenvalue weighted by atomic mass is 10.0. The van der Waals surface area contributed by atoms with E-state index in [9.17, 15) is 0 Å².